The molecule has 1 N–H and O–H groups in total. The molecule has 0 saturated heterocycles. The Morgan fingerprint density at radius 1 is 0.440 bits per heavy atom. The van der Waals surface area contributed by atoms with Gasteiger partial charge in [-0.1, -0.05) is 215 Å². The van der Waals surface area contributed by atoms with Crippen LogP contribution in [0.25, 0.3) is 78.1 Å². The molecular weight excluding hydrogens is 1090 g/mol. The minimum Gasteiger partial charge on any atom is -0.507 e. The van der Waals surface area contributed by atoms with Crippen molar-refractivity contribution >= 4 is 0 Å². The van der Waals surface area contributed by atoms with Crippen molar-refractivity contribution in [2.24, 2.45) is 7.05 Å². The van der Waals surface area contributed by atoms with Gasteiger partial charge >= 0.3 is 21.1 Å². The average molecular weight is 1170 g/mol. The fourth-order valence-electron chi connectivity index (χ4n) is 10.5. The minimum atomic E-state index is -0.315. The first-order valence-corrected chi connectivity index (χ1v) is 27.1. The van der Waals surface area contributed by atoms with Crippen LogP contribution in [0.3, 0.4) is 0 Å². The quantitative estimate of drug-likeness (QED) is 0.104. The van der Waals surface area contributed by atoms with Crippen molar-refractivity contribution < 1.29 is 30.7 Å². The predicted molar refractivity (Wildman–Crippen MR) is 315 cm³/mol. The molecule has 0 fully saturated rings. The van der Waals surface area contributed by atoms with Crippen molar-refractivity contribution in [2.75, 3.05) is 0 Å². The standard InChI is InChI=1S/C71H81N2O.Pt/c1-43(2)58-33-50(47-25-21-19-22-26-47)34-59(44(3)4)66(58)53-37-64(72-65(38-53)62-39-57(70(12,13)14)40-63(68(62)74)71(15,16)17)52-29-49(31-56(32-52)69(9,10)11)54-30-55(42-73(18)41-54)67-60(45(5)6)35-51(36-61(67)46(7)8)48-27-23-20-24-28-48;/h19-28,30-40,42-46,74H,1-18H3;/q-1;+2. The van der Waals surface area contributed by atoms with Crippen LogP contribution >= 0.6 is 0 Å². The molecule has 75 heavy (non-hydrogen) atoms. The molecule has 390 valence electrons. The molecule has 6 aromatic carbocycles. The van der Waals surface area contributed by atoms with Gasteiger partial charge in [0, 0.05) is 16.8 Å². The van der Waals surface area contributed by atoms with Gasteiger partial charge in [-0.25, -0.2) is 0 Å². The van der Waals surface area contributed by atoms with Gasteiger partial charge < -0.3 is 5.11 Å². The zero-order chi connectivity index (χ0) is 53.8. The van der Waals surface area contributed by atoms with E-state index in [-0.39, 0.29) is 54.9 Å². The van der Waals surface area contributed by atoms with Crippen molar-refractivity contribution in [2.45, 2.75) is 158 Å². The Labute approximate surface area is 466 Å². The van der Waals surface area contributed by atoms with E-state index in [1.54, 1.807) is 0 Å². The second kappa shape index (κ2) is 22.0. The van der Waals surface area contributed by atoms with Gasteiger partial charge in [-0.3, -0.25) is 9.55 Å². The van der Waals surface area contributed by atoms with Gasteiger partial charge in [-0.15, -0.1) is 22.8 Å². The zero-order valence-corrected chi connectivity index (χ0v) is 50.4. The summed E-state index contributed by atoms with van der Waals surface area (Å²) in [5.74, 6) is 1.32. The average Bonchev–Trinajstić information content (AvgIpc) is 3.34. The fraction of sp³-hybridized carbons (Fsp3) is 0.352. The van der Waals surface area contributed by atoms with Gasteiger partial charge in [0.25, 0.3) is 0 Å². The maximum atomic E-state index is 12.6. The molecule has 0 bridgehead atoms. The van der Waals surface area contributed by atoms with Crippen LogP contribution in [-0.4, -0.2) is 10.1 Å². The zero-order valence-electron chi connectivity index (χ0n) is 48.2. The monoisotopic (exact) mass is 1170 g/mol. The number of phenols is 1. The van der Waals surface area contributed by atoms with E-state index in [1.807, 2.05) is 0 Å². The number of aromatic nitrogens is 2. The maximum absolute atomic E-state index is 12.6. The number of aryl methyl sites for hydroxylation is 1. The third-order valence-electron chi connectivity index (χ3n) is 14.8. The second-order valence-corrected chi connectivity index (χ2v) is 25.3. The summed E-state index contributed by atoms with van der Waals surface area (Å²) in [6.45, 7) is 38.6. The van der Waals surface area contributed by atoms with Crippen molar-refractivity contribution in [3.63, 3.8) is 0 Å². The van der Waals surface area contributed by atoms with Crippen LogP contribution in [0, 0.1) is 12.3 Å². The molecule has 0 radical (unpaired) electrons. The van der Waals surface area contributed by atoms with Crippen LogP contribution in [0.15, 0.2) is 134 Å². The number of phenolic OH excluding ortho intramolecular Hbond substituents is 1. The van der Waals surface area contributed by atoms with E-state index >= 15 is 0 Å². The summed E-state index contributed by atoms with van der Waals surface area (Å²) < 4.78 is 2.09. The topological polar surface area (TPSA) is 37.0 Å². The predicted octanol–water partition coefficient (Wildman–Crippen LogP) is 19.3. The number of hydrogen-bond acceptors (Lipinski definition) is 2. The molecule has 0 spiro atoms. The molecule has 0 aliphatic carbocycles. The van der Waals surface area contributed by atoms with E-state index in [9.17, 15) is 5.11 Å². The molecule has 3 nitrogen and oxygen atoms in total. The summed E-state index contributed by atoms with van der Waals surface area (Å²) in [5.41, 5.74) is 22.6. The van der Waals surface area contributed by atoms with Crippen molar-refractivity contribution in [3.8, 4) is 83.9 Å². The Bertz CT molecular complexity index is 3280. The van der Waals surface area contributed by atoms with Crippen molar-refractivity contribution in [1.29, 1.82) is 0 Å². The first-order chi connectivity index (χ1) is 34.7. The largest absolute Gasteiger partial charge is 2.00 e. The summed E-state index contributed by atoms with van der Waals surface area (Å²) in [6, 6.07) is 50.9. The molecule has 0 aliphatic rings. The van der Waals surface area contributed by atoms with Gasteiger partial charge in [0.2, 0.25) is 0 Å². The molecular formula is C71H81N2OPt+. The number of benzene rings is 6. The molecule has 0 saturated carbocycles. The van der Waals surface area contributed by atoms with Gasteiger partial charge in [0.05, 0.1) is 11.9 Å². The van der Waals surface area contributed by atoms with Crippen molar-refractivity contribution in [3.05, 3.63) is 185 Å². The Kier molecular flexibility index (Phi) is 16.7. The Hall–Kier alpha value is -5.89. The molecule has 0 atom stereocenters. The van der Waals surface area contributed by atoms with Gasteiger partial charge in [-0.2, -0.15) is 23.8 Å². The van der Waals surface area contributed by atoms with E-state index in [2.05, 4.69) is 275 Å². The van der Waals surface area contributed by atoms with Crippen LogP contribution < -0.4 is 4.57 Å². The Balaban J connectivity index is 0.00000820. The SMILES string of the molecule is CC(C)c1cc(-c2ccccc2)cc(C(C)C)c1-c1cc(-c2[c-]c(-c3[c-][n+](C)cc(-c4c(C(C)C)cc(-c5ccccc5)cc4C(C)C)c3)cc(C(C)(C)C)c2)nc(-c2cc(C(C)(C)C)cc(C(C)(C)C)c2O)c1.[Pt+2]. The van der Waals surface area contributed by atoms with Crippen LogP contribution in [0.1, 0.15) is 180 Å². The molecule has 0 unspecified atom stereocenters. The summed E-state index contributed by atoms with van der Waals surface area (Å²) in [5, 5.41) is 12.6. The third kappa shape index (κ3) is 12.2. The number of hydrogen-bond donors (Lipinski definition) is 1. The molecule has 4 heteroatoms. The van der Waals surface area contributed by atoms with Crippen LogP contribution in [-0.2, 0) is 44.4 Å². The minimum absolute atomic E-state index is 0. The number of nitrogens with zero attached hydrogens (tertiary/aromatic N) is 2. The molecule has 8 rings (SSSR count). The van der Waals surface area contributed by atoms with E-state index in [0.717, 1.165) is 55.9 Å². The van der Waals surface area contributed by atoms with Crippen LogP contribution in [0.2, 0.25) is 0 Å². The summed E-state index contributed by atoms with van der Waals surface area (Å²) in [4.78, 5) is 5.65. The molecule has 2 aromatic heterocycles. The third-order valence-corrected chi connectivity index (χ3v) is 14.8. The molecule has 8 aromatic rings. The molecule has 2 heterocycles. The molecule has 0 amide bonds. The maximum Gasteiger partial charge on any atom is 2.00 e. The first kappa shape index (κ1) is 56.8. The molecule has 0 aliphatic heterocycles. The smallest absolute Gasteiger partial charge is 0.507 e. The van der Waals surface area contributed by atoms with Crippen LogP contribution in [0.5, 0.6) is 5.75 Å². The normalized spacial score (nSPS) is 12.3. The summed E-state index contributed by atoms with van der Waals surface area (Å²) in [6.07, 6.45) is 5.97. The Morgan fingerprint density at radius 3 is 1.31 bits per heavy atom. The van der Waals surface area contributed by atoms with Gasteiger partial charge in [-0.05, 0) is 124 Å². The Morgan fingerprint density at radius 2 is 0.867 bits per heavy atom. The number of pyridine rings is 2. The second-order valence-electron chi connectivity index (χ2n) is 25.3. The van der Waals surface area contributed by atoms with Gasteiger partial charge in [0.15, 0.2) is 0 Å². The van der Waals surface area contributed by atoms with E-state index in [4.69, 9.17) is 4.98 Å². The number of aromatic hydroxyl groups is 1. The van der Waals surface area contributed by atoms with Crippen molar-refractivity contribution in [1.82, 2.24) is 4.98 Å². The van der Waals surface area contributed by atoms with E-state index < -0.39 is 0 Å². The van der Waals surface area contributed by atoms with E-state index in [1.165, 1.54) is 61.2 Å². The first-order valence-electron chi connectivity index (χ1n) is 27.1. The fourth-order valence-corrected chi connectivity index (χ4v) is 10.5. The van der Waals surface area contributed by atoms with Gasteiger partial charge in [0.1, 0.15) is 19.0 Å². The van der Waals surface area contributed by atoms with E-state index in [0.29, 0.717) is 11.8 Å². The summed E-state index contributed by atoms with van der Waals surface area (Å²) >= 11 is 0. The number of rotatable bonds is 11. The summed E-state index contributed by atoms with van der Waals surface area (Å²) in [7, 11) is 2.09. The van der Waals surface area contributed by atoms with Crippen LogP contribution in [0.4, 0.5) is 0 Å².